The number of rotatable bonds is 5. The quantitative estimate of drug-likeness (QED) is 0.552. The van der Waals surface area contributed by atoms with E-state index < -0.39 is 0 Å². The van der Waals surface area contributed by atoms with Crippen LogP contribution in [0.25, 0.3) is 0 Å². The molecule has 0 rings (SSSR count). The lowest BCUT2D eigenvalue weighted by atomic mass is 10.3. The molecule has 1 atom stereocenters. The predicted octanol–water partition coefficient (Wildman–Crippen LogP) is 0.378. The molecule has 0 unspecified atom stereocenters. The Morgan fingerprint density at radius 1 is 1.56 bits per heavy atom. The number of hydrogen-bond acceptors (Lipinski definition) is 3. The SMILES string of the molecule is COCO[C@@H](C)CCO. The van der Waals surface area contributed by atoms with E-state index in [9.17, 15) is 0 Å². The van der Waals surface area contributed by atoms with Crippen LogP contribution >= 0.6 is 0 Å². The van der Waals surface area contributed by atoms with Gasteiger partial charge in [-0.15, -0.1) is 0 Å². The van der Waals surface area contributed by atoms with E-state index in [0.29, 0.717) is 13.2 Å². The highest BCUT2D eigenvalue weighted by Crippen LogP contribution is 1.94. The van der Waals surface area contributed by atoms with E-state index in [-0.39, 0.29) is 12.7 Å². The van der Waals surface area contributed by atoms with E-state index >= 15 is 0 Å². The highest BCUT2D eigenvalue weighted by molar-refractivity contribution is 4.45. The Bertz CT molecular complexity index is 56.3. The molecule has 0 aliphatic carbocycles. The third kappa shape index (κ3) is 5.76. The van der Waals surface area contributed by atoms with Crippen LogP contribution in [0, 0.1) is 0 Å². The van der Waals surface area contributed by atoms with Crippen molar-refractivity contribution in [3.8, 4) is 0 Å². The molecule has 0 amide bonds. The van der Waals surface area contributed by atoms with Gasteiger partial charge in [0, 0.05) is 13.7 Å². The lowest BCUT2D eigenvalue weighted by Gasteiger charge is -2.09. The van der Waals surface area contributed by atoms with Crippen molar-refractivity contribution in [2.24, 2.45) is 0 Å². The van der Waals surface area contributed by atoms with Crippen LogP contribution in [0.5, 0.6) is 0 Å². The smallest absolute Gasteiger partial charge is 0.146 e. The van der Waals surface area contributed by atoms with Crippen molar-refractivity contribution in [3.63, 3.8) is 0 Å². The molecule has 3 nitrogen and oxygen atoms in total. The molecule has 0 fully saturated rings. The summed E-state index contributed by atoms with van der Waals surface area (Å²) >= 11 is 0. The second-order valence-corrected chi connectivity index (χ2v) is 1.90. The summed E-state index contributed by atoms with van der Waals surface area (Å²) in [5.74, 6) is 0. The highest BCUT2D eigenvalue weighted by atomic mass is 16.7. The fourth-order valence-electron chi connectivity index (χ4n) is 0.449. The average Bonchev–Trinajstić information content (AvgIpc) is 1.85. The summed E-state index contributed by atoms with van der Waals surface area (Å²) in [5.41, 5.74) is 0. The molecule has 1 N–H and O–H groups in total. The minimum atomic E-state index is 0.0925. The van der Waals surface area contributed by atoms with Crippen molar-refractivity contribution in [3.05, 3.63) is 0 Å². The third-order valence-corrected chi connectivity index (χ3v) is 1.01. The molecule has 0 saturated carbocycles. The summed E-state index contributed by atoms with van der Waals surface area (Å²) in [6.45, 7) is 2.38. The van der Waals surface area contributed by atoms with Gasteiger partial charge in [-0.25, -0.2) is 0 Å². The van der Waals surface area contributed by atoms with Gasteiger partial charge in [-0.3, -0.25) is 0 Å². The lowest BCUT2D eigenvalue weighted by molar-refractivity contribution is -0.0706. The molecule has 0 radical (unpaired) electrons. The minimum Gasteiger partial charge on any atom is -0.396 e. The fourth-order valence-corrected chi connectivity index (χ4v) is 0.449. The minimum absolute atomic E-state index is 0.0925. The van der Waals surface area contributed by atoms with Gasteiger partial charge in [0.1, 0.15) is 6.79 Å². The van der Waals surface area contributed by atoms with E-state index in [1.165, 1.54) is 0 Å². The van der Waals surface area contributed by atoms with Gasteiger partial charge in [0.05, 0.1) is 6.10 Å². The molecule has 3 heteroatoms. The second kappa shape index (κ2) is 6.01. The Morgan fingerprint density at radius 2 is 2.22 bits per heavy atom. The number of aliphatic hydroxyl groups is 1. The van der Waals surface area contributed by atoms with E-state index in [1.807, 2.05) is 6.92 Å². The van der Waals surface area contributed by atoms with Gasteiger partial charge in [0.15, 0.2) is 0 Å². The van der Waals surface area contributed by atoms with Crippen molar-refractivity contribution in [2.75, 3.05) is 20.5 Å². The number of ether oxygens (including phenoxy) is 2. The van der Waals surface area contributed by atoms with Crippen molar-refractivity contribution in [2.45, 2.75) is 19.4 Å². The van der Waals surface area contributed by atoms with Crippen LogP contribution in [-0.2, 0) is 9.47 Å². The van der Waals surface area contributed by atoms with Crippen LogP contribution < -0.4 is 0 Å². The van der Waals surface area contributed by atoms with Crippen molar-refractivity contribution >= 4 is 0 Å². The van der Waals surface area contributed by atoms with Gasteiger partial charge in [0.25, 0.3) is 0 Å². The van der Waals surface area contributed by atoms with Crippen LogP contribution in [0.1, 0.15) is 13.3 Å². The van der Waals surface area contributed by atoms with Gasteiger partial charge in [0.2, 0.25) is 0 Å². The first-order chi connectivity index (χ1) is 4.31. The monoisotopic (exact) mass is 134 g/mol. The molecule has 0 aromatic heterocycles. The van der Waals surface area contributed by atoms with Crippen LogP contribution in [0.15, 0.2) is 0 Å². The molecule has 0 aromatic carbocycles. The normalized spacial score (nSPS) is 13.7. The van der Waals surface area contributed by atoms with Gasteiger partial charge >= 0.3 is 0 Å². The van der Waals surface area contributed by atoms with Crippen molar-refractivity contribution in [1.82, 2.24) is 0 Å². The molecule has 0 aliphatic heterocycles. The van der Waals surface area contributed by atoms with Gasteiger partial charge in [-0.2, -0.15) is 0 Å². The predicted molar refractivity (Wildman–Crippen MR) is 34.1 cm³/mol. The summed E-state index contributed by atoms with van der Waals surface area (Å²) < 4.78 is 9.70. The van der Waals surface area contributed by atoms with Crippen molar-refractivity contribution < 1.29 is 14.6 Å². The van der Waals surface area contributed by atoms with Crippen LogP contribution in [0.3, 0.4) is 0 Å². The second-order valence-electron chi connectivity index (χ2n) is 1.90. The zero-order chi connectivity index (χ0) is 7.11. The Hall–Kier alpha value is -0.120. The first-order valence-corrected chi connectivity index (χ1v) is 3.02. The summed E-state index contributed by atoms with van der Waals surface area (Å²) in [4.78, 5) is 0. The van der Waals surface area contributed by atoms with E-state index in [4.69, 9.17) is 9.84 Å². The highest BCUT2D eigenvalue weighted by Gasteiger charge is 1.98. The molecule has 0 aliphatic rings. The molecule has 0 aromatic rings. The summed E-state index contributed by atoms with van der Waals surface area (Å²) in [6, 6.07) is 0. The summed E-state index contributed by atoms with van der Waals surface area (Å²) in [5, 5.41) is 8.42. The van der Waals surface area contributed by atoms with Gasteiger partial charge in [-0.05, 0) is 13.3 Å². The first-order valence-electron chi connectivity index (χ1n) is 3.02. The maximum Gasteiger partial charge on any atom is 0.146 e. The Kier molecular flexibility index (Phi) is 5.93. The molecule has 0 heterocycles. The topological polar surface area (TPSA) is 38.7 Å². The molecule has 9 heavy (non-hydrogen) atoms. The molecule has 0 spiro atoms. The Labute approximate surface area is 55.6 Å². The van der Waals surface area contributed by atoms with E-state index in [1.54, 1.807) is 7.11 Å². The molecular formula is C6H14O3. The van der Waals surface area contributed by atoms with Crippen LogP contribution in [0.4, 0.5) is 0 Å². The first kappa shape index (κ1) is 8.88. The molecule has 0 bridgehead atoms. The summed E-state index contributed by atoms with van der Waals surface area (Å²) in [7, 11) is 1.58. The molecule has 0 saturated heterocycles. The standard InChI is InChI=1S/C6H14O3/c1-6(3-4-7)9-5-8-2/h6-7H,3-5H2,1-2H3/t6-/m0/s1. The third-order valence-electron chi connectivity index (χ3n) is 1.01. The van der Waals surface area contributed by atoms with Gasteiger partial charge in [-0.1, -0.05) is 0 Å². The van der Waals surface area contributed by atoms with Crippen molar-refractivity contribution in [1.29, 1.82) is 0 Å². The molecular weight excluding hydrogens is 120 g/mol. The maximum atomic E-state index is 8.42. The van der Waals surface area contributed by atoms with E-state index in [2.05, 4.69) is 4.74 Å². The number of methoxy groups -OCH3 is 1. The molecule has 56 valence electrons. The average molecular weight is 134 g/mol. The number of aliphatic hydroxyl groups excluding tert-OH is 1. The van der Waals surface area contributed by atoms with Crippen LogP contribution in [-0.4, -0.2) is 31.7 Å². The van der Waals surface area contributed by atoms with Crippen LogP contribution in [0.2, 0.25) is 0 Å². The largest absolute Gasteiger partial charge is 0.396 e. The zero-order valence-corrected chi connectivity index (χ0v) is 5.96. The van der Waals surface area contributed by atoms with E-state index in [0.717, 1.165) is 0 Å². The Balaban J connectivity index is 2.95. The Morgan fingerprint density at radius 3 is 2.67 bits per heavy atom. The summed E-state index contributed by atoms with van der Waals surface area (Å²) in [6.07, 6.45) is 0.763. The maximum absolute atomic E-state index is 8.42. The van der Waals surface area contributed by atoms with Gasteiger partial charge < -0.3 is 14.6 Å². The zero-order valence-electron chi connectivity index (χ0n) is 5.96. The number of hydrogen-bond donors (Lipinski definition) is 1. The lowest BCUT2D eigenvalue weighted by Crippen LogP contribution is -2.11. The fraction of sp³-hybridized carbons (Fsp3) is 1.00.